The Morgan fingerprint density at radius 1 is 0.354 bits per heavy atom. The molecular formula is C88H119Cl2N8O25P4+3. The van der Waals surface area contributed by atoms with E-state index in [1.54, 1.807) is 84.9 Å². The molecule has 0 saturated carbocycles. The number of carbonyl (C=O) groups excluding carboxylic acids is 4. The third-order valence-corrected chi connectivity index (χ3v) is 23.4. The number of nitrogens with zero attached hydrogens (tertiary/aromatic N) is 4. The first kappa shape index (κ1) is 109. The van der Waals surface area contributed by atoms with E-state index < -0.39 is 84.0 Å². The summed E-state index contributed by atoms with van der Waals surface area (Å²) >= 11 is 11.8. The topological polar surface area (TPSA) is 408 Å². The lowest BCUT2D eigenvalue weighted by Gasteiger charge is -2.24. The van der Waals surface area contributed by atoms with Crippen LogP contribution in [-0.2, 0) is 56.4 Å². The van der Waals surface area contributed by atoms with Crippen molar-refractivity contribution < 1.29 is 127 Å². The standard InChI is InChI=1S/2C23H31ClN2O6P.C21H28N2O6P.C20H25N2O7P.CH4/c2*1-4-5-6-7-8-17-30-23(27)18(2)25-33(29,31-21-13-9-19(24)10-14-21)32-22-15-11-20(12-16-22)26(3)28;1-16(20(24)27-15-21(2,3)4)22-30(26,28-18-9-7-6-8-10-18)29-19-13-11-17(12-14-19)23(5)25;1-15(19(23)27-14-20(2,3)4)21-30(26,28-17-8-6-5-7-9-17)29-18-12-10-16(11-13-18)22(24)25;/h2*9-16,18,28H,3-8,17H2,1-2H3,(H,25,29);6-14,16,25H,5,15H2,1-4H3,(H,22,26);5-13,15H,14H2,1-4H3,(H,21,26);1H4/q3*+1;;/t18-,33+;18-,33-;16-,30+;15-,30-;/m0000./s1. The number of halogens is 2. The van der Waals surface area contributed by atoms with Crippen LogP contribution in [0.15, 0.2) is 206 Å². The highest BCUT2D eigenvalue weighted by atomic mass is 35.5. The van der Waals surface area contributed by atoms with E-state index in [2.05, 4.69) is 54.3 Å². The number of carbonyl (C=O) groups is 4. The highest BCUT2D eigenvalue weighted by molar-refractivity contribution is 7.53. The van der Waals surface area contributed by atoms with Crippen molar-refractivity contribution in [3.63, 3.8) is 0 Å². The van der Waals surface area contributed by atoms with Gasteiger partial charge < -0.3 is 55.1 Å². The van der Waals surface area contributed by atoms with Crippen LogP contribution in [0, 0.1) is 20.9 Å². The number of unbranched alkanes of at least 4 members (excludes halogenated alkanes) is 8. The van der Waals surface area contributed by atoms with Crippen LogP contribution in [0.4, 0.5) is 22.7 Å². The van der Waals surface area contributed by atoms with E-state index >= 15 is 0 Å². The Morgan fingerprint density at radius 2 is 0.559 bits per heavy atom. The van der Waals surface area contributed by atoms with Gasteiger partial charge >= 0.3 is 54.9 Å². The zero-order valence-electron chi connectivity index (χ0n) is 72.6. The molecule has 33 nitrogen and oxygen atoms in total. The molecule has 0 saturated heterocycles. The van der Waals surface area contributed by atoms with Gasteiger partial charge in [-0.3, -0.25) is 44.9 Å². The van der Waals surface area contributed by atoms with Crippen LogP contribution in [0.5, 0.6) is 46.0 Å². The first-order valence-corrected chi connectivity index (χ1v) is 47.1. The quantitative estimate of drug-likeness (QED) is 0.00214. The summed E-state index contributed by atoms with van der Waals surface area (Å²) in [4.78, 5) is 59.7. The highest BCUT2D eigenvalue weighted by Gasteiger charge is 2.39. The Labute approximate surface area is 753 Å². The van der Waals surface area contributed by atoms with Gasteiger partial charge in [0.15, 0.2) is 20.2 Å². The molecule has 8 rings (SSSR count). The van der Waals surface area contributed by atoms with Gasteiger partial charge in [0, 0.05) is 72.8 Å². The van der Waals surface area contributed by atoms with Gasteiger partial charge in [0.25, 0.3) is 22.7 Å². The molecule has 0 unspecified atom stereocenters. The average Bonchev–Trinajstić information content (AvgIpc) is 0.850. The van der Waals surface area contributed by atoms with Gasteiger partial charge in [-0.15, -0.1) is 0 Å². The summed E-state index contributed by atoms with van der Waals surface area (Å²) in [6, 6.07) is 48.5. The fourth-order valence-corrected chi connectivity index (χ4v) is 16.3. The number of nitro benzene ring substituents is 1. The van der Waals surface area contributed by atoms with E-state index in [1.165, 1.54) is 149 Å². The summed E-state index contributed by atoms with van der Waals surface area (Å²) in [5, 5.41) is 50.4. The van der Waals surface area contributed by atoms with Crippen molar-refractivity contribution in [1.29, 1.82) is 0 Å². The number of hydrogen-bond donors (Lipinski definition) is 7. The summed E-state index contributed by atoms with van der Waals surface area (Å²) < 4.78 is 122. The zero-order valence-corrected chi connectivity index (χ0v) is 77.7. The van der Waals surface area contributed by atoms with Crippen molar-refractivity contribution in [2.75, 3.05) is 26.4 Å². The van der Waals surface area contributed by atoms with E-state index in [-0.39, 0.29) is 77.4 Å². The molecule has 39 heteroatoms. The van der Waals surface area contributed by atoms with E-state index in [9.17, 15) is 63.2 Å². The molecule has 0 aromatic heterocycles. The van der Waals surface area contributed by atoms with Crippen molar-refractivity contribution in [3.05, 3.63) is 226 Å². The molecule has 0 bridgehead atoms. The molecule has 0 heterocycles. The lowest BCUT2D eigenvalue weighted by molar-refractivity contribution is -0.706. The largest absolute Gasteiger partial charge is 0.513 e. The van der Waals surface area contributed by atoms with Crippen molar-refractivity contribution in [3.8, 4) is 46.0 Å². The summed E-state index contributed by atoms with van der Waals surface area (Å²) in [6.45, 7) is 33.0. The minimum atomic E-state index is -4.10. The molecular weight excluding hydrogens is 1760 g/mol. The summed E-state index contributed by atoms with van der Waals surface area (Å²) in [6.07, 6.45) is 10.3. The van der Waals surface area contributed by atoms with Crippen LogP contribution in [0.3, 0.4) is 0 Å². The normalized spacial score (nSPS) is 13.8. The van der Waals surface area contributed by atoms with E-state index in [1.807, 2.05) is 41.5 Å². The number of para-hydroxylation sites is 2. The fraction of sp³-hybridized carbons (Fsp3) is 0.375. The van der Waals surface area contributed by atoms with E-state index in [0.29, 0.717) is 60.3 Å². The Hall–Kier alpha value is -10.8. The predicted octanol–water partition coefficient (Wildman–Crippen LogP) is 22.2. The van der Waals surface area contributed by atoms with Crippen molar-refractivity contribution in [1.82, 2.24) is 20.3 Å². The van der Waals surface area contributed by atoms with Crippen LogP contribution < -0.4 is 56.5 Å². The molecule has 0 radical (unpaired) electrons. The molecule has 8 atom stereocenters. The van der Waals surface area contributed by atoms with Gasteiger partial charge in [-0.25, -0.2) is 18.3 Å². The van der Waals surface area contributed by atoms with E-state index in [4.69, 9.17) is 78.3 Å². The van der Waals surface area contributed by atoms with Crippen LogP contribution in [0.2, 0.25) is 10.0 Å². The maximum absolute atomic E-state index is 13.6. The number of benzene rings is 8. The van der Waals surface area contributed by atoms with Gasteiger partial charge in [-0.2, -0.15) is 20.3 Å². The second kappa shape index (κ2) is 53.7. The second-order valence-electron chi connectivity index (χ2n) is 30.6. The lowest BCUT2D eigenvalue weighted by Crippen LogP contribution is -2.37. The van der Waals surface area contributed by atoms with Crippen LogP contribution in [0.25, 0.3) is 0 Å². The SMILES string of the molecule is C.C=[N+](O)c1ccc(O[P@@](=O)(N[C@@H](C)C(=O)OCC(C)(C)C)Oc2ccccc2)cc1.C=[N+](O)c1ccc(O[P@@](=O)(N[C@@H](C)C(=O)OCCCCCCC)Oc2ccc(Cl)cc2)cc1.C=[N+](O)c1ccc(O[P@](=O)(N[C@@H](C)C(=O)OCCCCCCC)Oc2ccc(Cl)cc2)cc1.C[C@H](N[P@](=O)(Oc1ccccc1)Oc1ccc([N+](=O)[O-])cc1)C(=O)OCC(C)(C)C. The van der Waals surface area contributed by atoms with Crippen LogP contribution in [0.1, 0.15) is 155 Å². The third-order valence-electron chi connectivity index (χ3n) is 16.5. The third kappa shape index (κ3) is 43.0. The van der Waals surface area contributed by atoms with Crippen molar-refractivity contribution >= 4 is 121 Å². The average molecular weight is 1880 g/mol. The minimum absolute atomic E-state index is 0. The first-order valence-electron chi connectivity index (χ1n) is 40.2. The molecule has 0 fully saturated rings. The molecule has 8 aromatic rings. The summed E-state index contributed by atoms with van der Waals surface area (Å²) in [5.41, 5.74) is 0.641. The molecule has 0 aliphatic rings. The van der Waals surface area contributed by atoms with Crippen molar-refractivity contribution in [2.45, 2.75) is 179 Å². The molecule has 127 heavy (non-hydrogen) atoms. The molecule has 692 valence electrons. The zero-order chi connectivity index (χ0) is 93.3. The number of nitro groups is 1. The highest BCUT2D eigenvalue weighted by Crippen LogP contribution is 2.50. The number of rotatable bonds is 46. The van der Waals surface area contributed by atoms with Gasteiger partial charge in [-0.05, 0) is 173 Å². The smallest absolute Gasteiger partial charge is 0.465 e. The van der Waals surface area contributed by atoms with Gasteiger partial charge in [0.1, 0.15) is 70.2 Å². The number of ether oxygens (including phenoxy) is 4. The van der Waals surface area contributed by atoms with E-state index in [0.717, 1.165) is 64.2 Å². The minimum Gasteiger partial charge on any atom is -0.465 e. The maximum Gasteiger partial charge on any atom is 0.513 e. The molecule has 0 amide bonds. The fourth-order valence-electron chi connectivity index (χ4n) is 10.0. The Morgan fingerprint density at radius 3 is 0.772 bits per heavy atom. The molecule has 0 aliphatic carbocycles. The van der Waals surface area contributed by atoms with Gasteiger partial charge in [-0.1, -0.05) is 174 Å². The van der Waals surface area contributed by atoms with Crippen LogP contribution in [-0.4, -0.2) is 129 Å². The Kier molecular flexibility index (Phi) is 45.9. The summed E-state index contributed by atoms with van der Waals surface area (Å²) in [7, 11) is -16.2. The number of esters is 4. The summed E-state index contributed by atoms with van der Waals surface area (Å²) in [5.74, 6) is -0.596. The van der Waals surface area contributed by atoms with Gasteiger partial charge in [0.2, 0.25) is 0 Å². The Balaban J connectivity index is 0.000000354. The predicted molar refractivity (Wildman–Crippen MR) is 488 cm³/mol. The first-order chi connectivity index (χ1) is 59.4. The Bertz CT molecular complexity index is 4660. The van der Waals surface area contributed by atoms with Crippen LogP contribution >= 0.6 is 54.2 Å². The maximum atomic E-state index is 13.6. The molecule has 0 spiro atoms. The second-order valence-corrected chi connectivity index (χ2v) is 37.9. The molecule has 7 N–H and O–H groups in total. The molecule has 8 aromatic carbocycles. The number of nitrogens with one attached hydrogen (secondary N) is 4. The number of non-ortho nitro benzene ring substituents is 1. The lowest BCUT2D eigenvalue weighted by atomic mass is 9.99. The number of hydrogen-bond acceptors (Lipinski definition) is 25. The van der Waals surface area contributed by atoms with Crippen molar-refractivity contribution in [2.24, 2.45) is 10.8 Å². The van der Waals surface area contributed by atoms with Gasteiger partial charge in [0.05, 0.1) is 31.4 Å². The monoisotopic (exact) mass is 1880 g/mol. The molecule has 0 aliphatic heterocycles.